The van der Waals surface area contributed by atoms with Gasteiger partial charge in [0.2, 0.25) is 11.8 Å². The third-order valence-electron chi connectivity index (χ3n) is 7.73. The van der Waals surface area contributed by atoms with Crippen LogP contribution in [0, 0.1) is 13.8 Å². The Hall–Kier alpha value is -4.54. The lowest BCUT2D eigenvalue weighted by molar-refractivity contribution is -0.140. The maximum absolute atomic E-state index is 14.8. The number of halogens is 1. The van der Waals surface area contributed by atoms with Crippen molar-refractivity contribution in [3.8, 4) is 11.5 Å². The van der Waals surface area contributed by atoms with E-state index in [0.717, 1.165) is 21.0 Å². The molecule has 0 fully saturated rings. The molecule has 0 unspecified atom stereocenters. The number of ether oxygens (including phenoxy) is 2. The molecule has 4 rings (SSSR count). The van der Waals surface area contributed by atoms with Crippen LogP contribution in [-0.2, 0) is 32.6 Å². The van der Waals surface area contributed by atoms with Crippen LogP contribution in [0.1, 0.15) is 43.0 Å². The number of sulfonamides is 1. The minimum absolute atomic E-state index is 0.00550. The Balaban J connectivity index is 1.87. The van der Waals surface area contributed by atoms with Crippen molar-refractivity contribution < 1.29 is 27.5 Å². The minimum atomic E-state index is -4.36. The number of benzene rings is 4. The normalized spacial score (nSPS) is 12.2. The fourth-order valence-electron chi connectivity index (χ4n) is 5.57. The fraction of sp³-hybridized carbons (Fsp3) is 0.316. The Morgan fingerprint density at radius 3 is 2.04 bits per heavy atom. The highest BCUT2D eigenvalue weighted by Crippen LogP contribution is 2.33. The van der Waals surface area contributed by atoms with Crippen molar-refractivity contribution in [2.75, 3.05) is 25.1 Å². The predicted octanol–water partition coefficient (Wildman–Crippen LogP) is 6.72. The molecule has 0 bridgehead atoms. The highest BCUT2D eigenvalue weighted by molar-refractivity contribution is 7.92. The zero-order chi connectivity index (χ0) is 35.9. The molecule has 49 heavy (non-hydrogen) atoms. The van der Waals surface area contributed by atoms with Gasteiger partial charge in [-0.05, 0) is 93.3 Å². The van der Waals surface area contributed by atoms with E-state index >= 15 is 0 Å². The Kier molecular flexibility index (Phi) is 12.0. The van der Waals surface area contributed by atoms with Gasteiger partial charge in [-0.2, -0.15) is 0 Å². The summed E-state index contributed by atoms with van der Waals surface area (Å²) in [6, 6.07) is 25.1. The van der Waals surface area contributed by atoms with E-state index < -0.39 is 34.1 Å². The number of carbonyl (C=O) groups excluding carboxylic acids is 2. The number of anilines is 1. The third-order valence-corrected chi connectivity index (χ3v) is 9.73. The van der Waals surface area contributed by atoms with E-state index in [-0.39, 0.29) is 29.5 Å². The van der Waals surface area contributed by atoms with Crippen molar-refractivity contribution in [3.05, 3.63) is 118 Å². The topological polar surface area (TPSA) is 105 Å². The van der Waals surface area contributed by atoms with Crippen molar-refractivity contribution in [2.24, 2.45) is 0 Å². The summed E-state index contributed by atoms with van der Waals surface area (Å²) in [5.74, 6) is -0.364. The molecule has 9 nitrogen and oxygen atoms in total. The second kappa shape index (κ2) is 15.8. The average molecular weight is 706 g/mol. The summed E-state index contributed by atoms with van der Waals surface area (Å²) in [7, 11) is -1.48. The van der Waals surface area contributed by atoms with Crippen LogP contribution in [0.5, 0.6) is 11.5 Å². The van der Waals surface area contributed by atoms with Crippen molar-refractivity contribution in [2.45, 2.75) is 64.1 Å². The highest BCUT2D eigenvalue weighted by atomic mass is 35.5. The third kappa shape index (κ3) is 9.77. The molecular formula is C38H44ClN3O6S. The highest BCUT2D eigenvalue weighted by Gasteiger charge is 2.36. The fourth-order valence-corrected chi connectivity index (χ4v) is 7.19. The molecule has 0 aliphatic heterocycles. The van der Waals surface area contributed by atoms with Gasteiger partial charge in [0.05, 0.1) is 24.8 Å². The molecule has 260 valence electrons. The SMILES string of the molecule is COc1ccc(S(=O)(=O)N(CC(=O)N(Cc2cccc(Cl)c2)[C@H](Cc2ccccc2)C(=O)NC(C)(C)C)c2cc(C)cc(C)c2)cc1OC. The number of hydrogen-bond acceptors (Lipinski definition) is 6. The number of nitrogens with one attached hydrogen (secondary N) is 1. The lowest BCUT2D eigenvalue weighted by atomic mass is 10.0. The number of carbonyl (C=O) groups is 2. The largest absolute Gasteiger partial charge is 0.493 e. The van der Waals surface area contributed by atoms with Crippen LogP contribution in [-0.4, -0.2) is 57.5 Å². The number of aryl methyl sites for hydroxylation is 2. The van der Waals surface area contributed by atoms with Gasteiger partial charge in [0, 0.05) is 29.6 Å². The molecule has 1 atom stereocenters. The molecule has 0 aliphatic carbocycles. The first-order valence-electron chi connectivity index (χ1n) is 15.8. The van der Waals surface area contributed by atoms with Gasteiger partial charge in [-0.25, -0.2) is 8.42 Å². The predicted molar refractivity (Wildman–Crippen MR) is 194 cm³/mol. The Labute approximate surface area is 294 Å². The zero-order valence-corrected chi connectivity index (χ0v) is 30.6. The van der Waals surface area contributed by atoms with E-state index in [1.54, 1.807) is 30.3 Å². The first-order valence-corrected chi connectivity index (χ1v) is 17.7. The van der Waals surface area contributed by atoms with Crippen LogP contribution in [0.3, 0.4) is 0 Å². The molecule has 0 saturated carbocycles. The second-order valence-corrected chi connectivity index (χ2v) is 15.3. The Bertz CT molecular complexity index is 1870. The van der Waals surface area contributed by atoms with E-state index in [0.29, 0.717) is 22.0 Å². The summed E-state index contributed by atoms with van der Waals surface area (Å²) in [6.07, 6.45) is 0.195. The zero-order valence-electron chi connectivity index (χ0n) is 29.0. The number of amides is 2. The number of rotatable bonds is 13. The average Bonchev–Trinajstić information content (AvgIpc) is 3.03. The van der Waals surface area contributed by atoms with Gasteiger partial charge in [-0.1, -0.05) is 60.1 Å². The Morgan fingerprint density at radius 1 is 0.816 bits per heavy atom. The van der Waals surface area contributed by atoms with Gasteiger partial charge >= 0.3 is 0 Å². The maximum Gasteiger partial charge on any atom is 0.264 e. The van der Waals surface area contributed by atoms with E-state index in [1.807, 2.05) is 77.1 Å². The van der Waals surface area contributed by atoms with Crippen molar-refractivity contribution in [1.29, 1.82) is 0 Å². The van der Waals surface area contributed by atoms with E-state index in [2.05, 4.69) is 5.32 Å². The van der Waals surface area contributed by atoms with Crippen molar-refractivity contribution >= 4 is 39.1 Å². The maximum atomic E-state index is 14.8. The second-order valence-electron chi connectivity index (χ2n) is 13.0. The molecule has 4 aromatic rings. The molecule has 0 aliphatic rings. The smallest absolute Gasteiger partial charge is 0.264 e. The molecule has 0 saturated heterocycles. The first kappa shape index (κ1) is 37.3. The Morgan fingerprint density at radius 2 is 1.45 bits per heavy atom. The first-order chi connectivity index (χ1) is 23.1. The van der Waals surface area contributed by atoms with Gasteiger partial charge in [0.25, 0.3) is 10.0 Å². The minimum Gasteiger partial charge on any atom is -0.493 e. The van der Waals surface area contributed by atoms with Gasteiger partial charge in [0.15, 0.2) is 11.5 Å². The van der Waals surface area contributed by atoms with E-state index in [1.165, 1.54) is 37.3 Å². The number of hydrogen-bond donors (Lipinski definition) is 1. The van der Waals surface area contributed by atoms with Crippen molar-refractivity contribution in [1.82, 2.24) is 10.2 Å². The molecule has 0 heterocycles. The van der Waals surface area contributed by atoms with Crippen molar-refractivity contribution in [3.63, 3.8) is 0 Å². The summed E-state index contributed by atoms with van der Waals surface area (Å²) in [4.78, 5) is 30.2. The number of methoxy groups -OCH3 is 2. The van der Waals surface area contributed by atoms with Crippen LogP contribution in [0.15, 0.2) is 95.9 Å². The lowest BCUT2D eigenvalue weighted by Crippen LogP contribution is -2.56. The van der Waals surface area contributed by atoms with Crippen LogP contribution in [0.2, 0.25) is 5.02 Å². The molecule has 11 heteroatoms. The quantitative estimate of drug-likeness (QED) is 0.166. The van der Waals surface area contributed by atoms with Crippen LogP contribution >= 0.6 is 11.6 Å². The summed E-state index contributed by atoms with van der Waals surface area (Å²) >= 11 is 6.35. The molecule has 0 spiro atoms. The van der Waals surface area contributed by atoms with Gasteiger partial charge in [0.1, 0.15) is 12.6 Å². The van der Waals surface area contributed by atoms with Gasteiger partial charge in [-0.15, -0.1) is 0 Å². The van der Waals surface area contributed by atoms with E-state index in [9.17, 15) is 18.0 Å². The lowest BCUT2D eigenvalue weighted by Gasteiger charge is -2.35. The molecular weight excluding hydrogens is 662 g/mol. The molecule has 1 N–H and O–H groups in total. The van der Waals surface area contributed by atoms with Crippen LogP contribution in [0.25, 0.3) is 0 Å². The summed E-state index contributed by atoms with van der Waals surface area (Å²) in [5.41, 5.74) is 2.86. The number of nitrogens with zero attached hydrogens (tertiary/aromatic N) is 2. The molecule has 2 amide bonds. The summed E-state index contributed by atoms with van der Waals surface area (Å²) < 4.78 is 40.9. The summed E-state index contributed by atoms with van der Waals surface area (Å²) in [6.45, 7) is 8.73. The van der Waals surface area contributed by atoms with E-state index in [4.69, 9.17) is 21.1 Å². The van der Waals surface area contributed by atoms with Crippen LogP contribution < -0.4 is 19.1 Å². The molecule has 0 aromatic heterocycles. The monoisotopic (exact) mass is 705 g/mol. The standard InChI is InChI=1S/C38H44ClN3O6S/c1-26-18-27(2)20-31(19-26)42(49(45,46)32-16-17-34(47-6)35(23-32)48-7)25-36(43)41(24-29-14-11-15-30(39)21-29)33(37(44)40-38(3,4)5)22-28-12-9-8-10-13-28/h8-21,23,33H,22,24-25H2,1-7H3,(H,40,44)/t33-/m1/s1. The van der Waals surface area contributed by atoms with Crippen LogP contribution in [0.4, 0.5) is 5.69 Å². The summed E-state index contributed by atoms with van der Waals surface area (Å²) in [5, 5.41) is 3.50. The molecule has 4 aromatic carbocycles. The van der Waals surface area contributed by atoms with Gasteiger partial charge in [-0.3, -0.25) is 13.9 Å². The van der Waals surface area contributed by atoms with Gasteiger partial charge < -0.3 is 19.7 Å². The molecule has 0 radical (unpaired) electrons.